The molecule has 0 saturated carbocycles. The summed E-state index contributed by atoms with van der Waals surface area (Å²) in [6.45, 7) is 0. The third-order valence-corrected chi connectivity index (χ3v) is 26.4. The Morgan fingerprint density at radius 1 is 0.306 bits per heavy atom. The van der Waals surface area contributed by atoms with Gasteiger partial charge < -0.3 is 0 Å². The van der Waals surface area contributed by atoms with Crippen LogP contribution in [0, 0.1) is 6.08 Å². The Bertz CT molecular complexity index is 7660. The summed E-state index contributed by atoms with van der Waals surface area (Å²) < 4.78 is 12.1. The molecule has 0 unspecified atom stereocenters. The maximum absolute atomic E-state index is 6.43. The van der Waals surface area contributed by atoms with Gasteiger partial charge in [0.25, 0.3) is 0 Å². The Morgan fingerprint density at radius 2 is 0.676 bits per heavy atom. The summed E-state index contributed by atoms with van der Waals surface area (Å²) in [5.74, 6) is 0.678. The molecule has 1 N–H and O–H groups in total. The molecule has 0 fully saturated rings. The van der Waals surface area contributed by atoms with Gasteiger partial charge in [-0.05, 0) is 144 Å². The lowest BCUT2D eigenvalue weighted by Crippen LogP contribution is -2.03. The second kappa shape index (κ2) is 26.6. The number of nitrogens with zero attached hydrogens (tertiary/aromatic N) is 5. The van der Waals surface area contributed by atoms with E-state index in [9.17, 15) is 0 Å². The molecule has 518 valence electrons. The molecule has 23 aromatic rings. The zero-order valence-corrected chi connectivity index (χ0v) is 63.2. The molecule has 8 heterocycles. The van der Waals surface area contributed by atoms with Gasteiger partial charge in [0.15, 0.2) is 5.69 Å². The second-order valence-corrected chi connectivity index (χ2v) is 32.5. The zero-order valence-electron chi connectivity index (χ0n) is 59.2. The summed E-state index contributed by atoms with van der Waals surface area (Å²) in [7, 11) is 0. The van der Waals surface area contributed by atoms with Crippen molar-refractivity contribution in [3.05, 3.63) is 356 Å². The lowest BCUT2D eigenvalue weighted by molar-refractivity contribution is 1.02. The van der Waals surface area contributed by atoms with Gasteiger partial charge in [-0.2, -0.15) is 0 Å². The molecule has 8 aromatic heterocycles. The van der Waals surface area contributed by atoms with Gasteiger partial charge in [0, 0.05) is 84.5 Å². The molecule has 1 aliphatic rings. The van der Waals surface area contributed by atoms with Crippen LogP contribution in [0.3, 0.4) is 0 Å². The van der Waals surface area contributed by atoms with Gasteiger partial charge in [0.1, 0.15) is 17.7 Å². The second-order valence-electron chi connectivity index (χ2n) is 27.9. The van der Waals surface area contributed by atoms with Gasteiger partial charge >= 0.3 is 0 Å². The lowest BCUT2D eigenvalue weighted by Gasteiger charge is -2.14. The maximum atomic E-state index is 6.43. The van der Waals surface area contributed by atoms with Crippen molar-refractivity contribution in [2.75, 3.05) is 0 Å². The number of rotatable bonds is 7. The third kappa shape index (κ3) is 10.9. The molecule has 0 spiro atoms. The largest absolute Gasteiger partial charge is 0.299 e. The van der Waals surface area contributed by atoms with E-state index in [1.54, 1.807) is 22.7 Å². The number of halogens is 1. The van der Waals surface area contributed by atoms with Crippen molar-refractivity contribution in [3.8, 4) is 73.0 Å². The van der Waals surface area contributed by atoms with Crippen LogP contribution in [0.1, 0.15) is 11.3 Å². The molecule has 11 heteroatoms. The average Bonchev–Trinajstić information content (AvgIpc) is 1.54. The van der Waals surface area contributed by atoms with Crippen LogP contribution < -0.4 is 0 Å². The van der Waals surface area contributed by atoms with Crippen LogP contribution in [-0.2, 0) is 0 Å². The maximum Gasteiger partial charge on any atom is 0.235 e. The number of allylic oxidation sites excluding steroid dienone is 2. The van der Waals surface area contributed by atoms with Crippen LogP contribution in [-0.4, -0.2) is 29.5 Å². The van der Waals surface area contributed by atoms with Crippen molar-refractivity contribution in [3.63, 3.8) is 0 Å². The Balaban J connectivity index is 0.000000114. The van der Waals surface area contributed by atoms with Crippen molar-refractivity contribution in [1.29, 1.82) is 0 Å². The normalized spacial score (nSPS) is 12.0. The van der Waals surface area contributed by atoms with Crippen LogP contribution >= 0.6 is 56.9 Å². The first-order valence-electron chi connectivity index (χ1n) is 36.9. The van der Waals surface area contributed by atoms with E-state index in [0.717, 1.165) is 92.7 Å². The molecule has 0 saturated heterocycles. The van der Waals surface area contributed by atoms with E-state index in [4.69, 9.17) is 26.6 Å². The summed E-state index contributed by atoms with van der Waals surface area (Å²) in [6.07, 6.45) is 9.40. The molecule has 1 aliphatic carbocycles. The Hall–Kier alpha value is -13.1. The quantitative estimate of drug-likeness (QED) is 0.127. The first-order chi connectivity index (χ1) is 55.0. The van der Waals surface area contributed by atoms with Gasteiger partial charge in [0.05, 0.1) is 63.8 Å². The molecule has 24 rings (SSSR count). The highest BCUT2D eigenvalue weighted by molar-refractivity contribution is 7.28. The molecular formula is C100H58ClN6S4+. The molecular weight excluding hydrogens is 1450 g/mol. The number of fused-ring (bicyclic) bond motifs is 26. The summed E-state index contributed by atoms with van der Waals surface area (Å²) in [6, 6.07) is 117. The molecule has 0 atom stereocenters. The molecule has 0 bridgehead atoms. The molecule has 0 aliphatic heterocycles. The highest BCUT2D eigenvalue weighted by atomic mass is 35.5. The SMILES string of the molecule is Clc1nc(-c2cc(-c3ccccc3)cc(-c3ccccc3)c2)c2sc3ccccc3c2n1.[C+]1=Cc2[nH]c3c4sc5ccccc5c4c4ccccc4c3c2C=C1.c1ccc(-c2cc(-c3ccccc3)cc(-c3nc(-n4c5ccccc5c5c6ccccc6c6c7ccccc7sc6c54)nc4c3sc3ccccc34)c2)cc1. The van der Waals surface area contributed by atoms with Crippen LogP contribution in [0.25, 0.3) is 220 Å². The van der Waals surface area contributed by atoms with E-state index >= 15 is 0 Å². The summed E-state index contributed by atoms with van der Waals surface area (Å²) in [5.41, 5.74) is 21.0. The Labute approximate surface area is 657 Å². The first-order valence-corrected chi connectivity index (χ1v) is 40.6. The number of hydrogen-bond donors (Lipinski definition) is 1. The van der Waals surface area contributed by atoms with E-state index in [0.29, 0.717) is 5.95 Å². The van der Waals surface area contributed by atoms with E-state index in [-0.39, 0.29) is 5.28 Å². The summed E-state index contributed by atoms with van der Waals surface area (Å²) in [4.78, 5) is 24.2. The monoisotopic (exact) mass is 1510 g/mol. The number of benzene rings is 15. The molecule has 15 aromatic carbocycles. The van der Waals surface area contributed by atoms with Gasteiger partial charge in [-0.1, -0.05) is 261 Å². The number of aromatic nitrogens is 6. The van der Waals surface area contributed by atoms with Gasteiger partial charge in [-0.15, -0.1) is 45.3 Å². The van der Waals surface area contributed by atoms with Crippen molar-refractivity contribution in [1.82, 2.24) is 29.5 Å². The van der Waals surface area contributed by atoms with Crippen LogP contribution in [0.2, 0.25) is 5.28 Å². The highest BCUT2D eigenvalue weighted by Crippen LogP contribution is 2.51. The standard InChI is InChI=1S/C50H29N3S2.C28H17ClN2S.C22H12NS/c1-3-15-30(16-4-1)32-27-33(31-17-5-2-6-18-31)29-34(28-32)45-49-46(39-23-11-14-26-42(39)55-49)52-50(51-45)53-40-24-12-9-21-37(40)43-35-19-7-8-20-36(35)44-38-22-10-13-25-41(38)54-48(44)47(43)53;29-28-30-25(27-26(31-28)23-13-7-8-14-24(23)32-27)22-16-20(18-9-3-1-4-10-18)15-21(17-22)19-11-5-2-6-12-19;1-2-8-14-13(7-1)19-15-9-3-5-11-17(15)23-21(19)22-20(14)16-10-4-6-12-18(16)24-22/h1-29H;1-17H;1-4,6-12,23H/q;;+1. The smallest absolute Gasteiger partial charge is 0.235 e. The average molecular weight is 1510 g/mol. The molecule has 0 amide bonds. The fourth-order valence-corrected chi connectivity index (χ4v) is 21.6. The Morgan fingerprint density at radius 3 is 1.18 bits per heavy atom. The van der Waals surface area contributed by atoms with E-state index in [1.807, 2.05) is 53.0 Å². The predicted octanol–water partition coefficient (Wildman–Crippen LogP) is 29.5. The minimum atomic E-state index is 0.266. The van der Waals surface area contributed by atoms with Gasteiger partial charge in [-0.3, -0.25) is 9.55 Å². The van der Waals surface area contributed by atoms with Crippen LogP contribution in [0.4, 0.5) is 0 Å². The molecule has 0 radical (unpaired) electrons. The van der Waals surface area contributed by atoms with Crippen molar-refractivity contribution < 1.29 is 0 Å². The lowest BCUT2D eigenvalue weighted by atomic mass is 9.95. The number of para-hydroxylation sites is 1. The predicted molar refractivity (Wildman–Crippen MR) is 478 cm³/mol. The Kier molecular flexibility index (Phi) is 15.6. The number of H-pyrrole nitrogens is 1. The van der Waals surface area contributed by atoms with Crippen molar-refractivity contribution in [2.45, 2.75) is 0 Å². The highest BCUT2D eigenvalue weighted by Gasteiger charge is 2.28. The van der Waals surface area contributed by atoms with Crippen LogP contribution in [0.15, 0.2) is 334 Å². The van der Waals surface area contributed by atoms with E-state index in [2.05, 4.69) is 336 Å². The van der Waals surface area contributed by atoms with Gasteiger partial charge in [-0.25, -0.2) is 19.9 Å². The van der Waals surface area contributed by atoms with Crippen LogP contribution in [0.5, 0.6) is 0 Å². The molecule has 111 heavy (non-hydrogen) atoms. The summed E-state index contributed by atoms with van der Waals surface area (Å²) >= 11 is 13.7. The minimum Gasteiger partial charge on any atom is -0.299 e. The number of aromatic amines is 1. The molecule has 6 nitrogen and oxygen atoms in total. The summed E-state index contributed by atoms with van der Waals surface area (Å²) in [5, 5.41) is 16.8. The number of hydrogen-bond acceptors (Lipinski definition) is 8. The first kappa shape index (κ1) is 65.0. The van der Waals surface area contributed by atoms with E-state index in [1.165, 1.54) is 121 Å². The topological polar surface area (TPSA) is 72.3 Å². The fourth-order valence-electron chi connectivity index (χ4n) is 16.6. The number of nitrogens with one attached hydrogen (secondary N) is 1. The fraction of sp³-hybridized carbons (Fsp3) is 0. The van der Waals surface area contributed by atoms with Gasteiger partial charge in [0.2, 0.25) is 11.2 Å². The number of thiophene rings is 4. The zero-order chi connectivity index (χ0) is 73.2. The third-order valence-electron chi connectivity index (χ3n) is 21.5. The van der Waals surface area contributed by atoms with E-state index < -0.39 is 0 Å². The van der Waals surface area contributed by atoms with Crippen molar-refractivity contribution in [2.24, 2.45) is 0 Å². The van der Waals surface area contributed by atoms with Crippen molar-refractivity contribution >= 4 is 204 Å². The minimum absolute atomic E-state index is 0.266.